The molecule has 0 aliphatic carbocycles. The first-order valence-corrected chi connectivity index (χ1v) is 4.92. The summed E-state index contributed by atoms with van der Waals surface area (Å²) >= 11 is 5.50. The second-order valence-corrected chi connectivity index (χ2v) is 3.72. The molecule has 0 spiro atoms. The van der Waals surface area contributed by atoms with Crippen molar-refractivity contribution in [3.8, 4) is 0 Å². The number of hydrogen-bond acceptors (Lipinski definition) is 1. The fourth-order valence-electron chi connectivity index (χ4n) is 1.60. The number of piperidine rings is 1. The van der Waals surface area contributed by atoms with Crippen molar-refractivity contribution in [2.45, 2.75) is 19.0 Å². The quantitative estimate of drug-likeness (QED) is 0.640. The highest BCUT2D eigenvalue weighted by Gasteiger charge is 2.40. The van der Waals surface area contributed by atoms with Crippen LogP contribution in [0, 0.1) is 5.92 Å². The van der Waals surface area contributed by atoms with Gasteiger partial charge in [-0.05, 0) is 25.9 Å². The molecule has 0 aromatic heterocycles. The second kappa shape index (κ2) is 4.51. The molecule has 1 heterocycles. The van der Waals surface area contributed by atoms with Gasteiger partial charge in [0.05, 0.1) is 5.92 Å². The molecule has 0 unspecified atom stereocenters. The normalized spacial score (nSPS) is 22.2. The van der Waals surface area contributed by atoms with Crippen LogP contribution in [0.25, 0.3) is 0 Å². The molecule has 13 heavy (non-hydrogen) atoms. The van der Waals surface area contributed by atoms with Gasteiger partial charge in [-0.2, -0.15) is 13.2 Å². The number of likely N-dealkylation sites (tertiary alicyclic amines) is 1. The Morgan fingerprint density at radius 2 is 1.77 bits per heavy atom. The van der Waals surface area contributed by atoms with Crippen molar-refractivity contribution < 1.29 is 13.2 Å². The van der Waals surface area contributed by atoms with Crippen LogP contribution in [-0.2, 0) is 0 Å². The average molecular weight is 216 g/mol. The summed E-state index contributed by atoms with van der Waals surface area (Å²) in [5.41, 5.74) is 0. The van der Waals surface area contributed by atoms with E-state index in [4.69, 9.17) is 11.6 Å². The zero-order chi connectivity index (χ0) is 9.90. The number of halogens is 4. The lowest BCUT2D eigenvalue weighted by molar-refractivity contribution is -0.184. The molecular formula is C8H13ClF3N. The Morgan fingerprint density at radius 3 is 2.15 bits per heavy atom. The fraction of sp³-hybridized carbons (Fsp3) is 1.00. The predicted molar refractivity (Wildman–Crippen MR) is 45.9 cm³/mol. The van der Waals surface area contributed by atoms with Crippen LogP contribution >= 0.6 is 11.6 Å². The average Bonchev–Trinajstić information content (AvgIpc) is 2.04. The van der Waals surface area contributed by atoms with Crippen LogP contribution in [0.1, 0.15) is 12.8 Å². The molecule has 0 radical (unpaired) electrons. The van der Waals surface area contributed by atoms with E-state index in [2.05, 4.69) is 0 Å². The number of rotatable bonds is 2. The third kappa shape index (κ3) is 3.35. The van der Waals surface area contributed by atoms with E-state index in [9.17, 15) is 13.2 Å². The van der Waals surface area contributed by atoms with Gasteiger partial charge in [0.25, 0.3) is 0 Å². The summed E-state index contributed by atoms with van der Waals surface area (Å²) < 4.78 is 36.6. The molecule has 1 rings (SSSR count). The summed E-state index contributed by atoms with van der Waals surface area (Å²) in [7, 11) is 0. The van der Waals surface area contributed by atoms with E-state index < -0.39 is 12.1 Å². The SMILES string of the molecule is FC(F)(F)C1CCN(CCCl)CC1. The van der Waals surface area contributed by atoms with Gasteiger partial charge in [-0.25, -0.2) is 0 Å². The maximum absolute atomic E-state index is 12.2. The highest BCUT2D eigenvalue weighted by Crippen LogP contribution is 2.33. The van der Waals surface area contributed by atoms with Gasteiger partial charge in [-0.15, -0.1) is 11.6 Å². The zero-order valence-electron chi connectivity index (χ0n) is 7.28. The maximum atomic E-state index is 12.2. The van der Waals surface area contributed by atoms with Crippen molar-refractivity contribution in [3.05, 3.63) is 0 Å². The highest BCUT2D eigenvalue weighted by atomic mass is 35.5. The zero-order valence-corrected chi connectivity index (χ0v) is 8.03. The minimum absolute atomic E-state index is 0.223. The monoisotopic (exact) mass is 215 g/mol. The van der Waals surface area contributed by atoms with Gasteiger partial charge in [0.15, 0.2) is 0 Å². The van der Waals surface area contributed by atoms with Crippen LogP contribution in [0.4, 0.5) is 13.2 Å². The molecular weight excluding hydrogens is 203 g/mol. The number of nitrogens with zero attached hydrogens (tertiary/aromatic N) is 1. The molecule has 0 atom stereocenters. The molecule has 5 heteroatoms. The van der Waals surface area contributed by atoms with E-state index in [0.29, 0.717) is 25.5 Å². The molecule has 1 aliphatic heterocycles. The Hall–Kier alpha value is 0.0400. The van der Waals surface area contributed by atoms with E-state index in [1.54, 1.807) is 0 Å². The van der Waals surface area contributed by atoms with Crippen molar-refractivity contribution in [1.29, 1.82) is 0 Å². The molecule has 1 nitrogen and oxygen atoms in total. The standard InChI is InChI=1S/C8H13ClF3N/c9-3-6-13-4-1-7(2-5-13)8(10,11)12/h7H,1-6H2. The molecule has 1 fully saturated rings. The summed E-state index contributed by atoms with van der Waals surface area (Å²) in [4.78, 5) is 1.98. The van der Waals surface area contributed by atoms with Crippen molar-refractivity contribution in [3.63, 3.8) is 0 Å². The molecule has 78 valence electrons. The molecule has 1 saturated heterocycles. The summed E-state index contributed by atoms with van der Waals surface area (Å²) in [6.45, 7) is 1.75. The molecule has 0 aromatic carbocycles. The predicted octanol–water partition coefficient (Wildman–Crippen LogP) is 2.50. The van der Waals surface area contributed by atoms with Gasteiger partial charge in [0.1, 0.15) is 0 Å². The summed E-state index contributed by atoms with van der Waals surface area (Å²) in [5.74, 6) is -0.601. The molecule has 0 N–H and O–H groups in total. The van der Waals surface area contributed by atoms with E-state index in [1.165, 1.54) is 0 Å². The molecule has 1 aliphatic rings. The molecule has 0 amide bonds. The molecule has 0 aromatic rings. The number of alkyl halides is 4. The van der Waals surface area contributed by atoms with Gasteiger partial charge in [0, 0.05) is 12.4 Å². The van der Waals surface area contributed by atoms with Crippen molar-refractivity contribution >= 4 is 11.6 Å². The van der Waals surface area contributed by atoms with Crippen LogP contribution in [0.3, 0.4) is 0 Å². The van der Waals surface area contributed by atoms with Gasteiger partial charge < -0.3 is 4.90 Å². The van der Waals surface area contributed by atoms with Crippen molar-refractivity contribution in [2.75, 3.05) is 25.5 Å². The minimum Gasteiger partial charge on any atom is -0.302 e. The fourth-order valence-corrected chi connectivity index (χ4v) is 1.84. The Labute approximate surface area is 80.8 Å². The lowest BCUT2D eigenvalue weighted by atomic mass is 9.96. The minimum atomic E-state index is -4.01. The molecule has 0 bridgehead atoms. The smallest absolute Gasteiger partial charge is 0.302 e. The van der Waals surface area contributed by atoms with Crippen LogP contribution < -0.4 is 0 Å². The van der Waals surface area contributed by atoms with Crippen LogP contribution in [0.2, 0.25) is 0 Å². The Balaban J connectivity index is 2.30. The number of hydrogen-bond donors (Lipinski definition) is 0. The largest absolute Gasteiger partial charge is 0.391 e. The third-order valence-electron chi connectivity index (χ3n) is 2.45. The summed E-state index contributed by atoms with van der Waals surface area (Å²) in [6, 6.07) is 0. The highest BCUT2D eigenvalue weighted by molar-refractivity contribution is 6.18. The van der Waals surface area contributed by atoms with E-state index in [1.807, 2.05) is 4.90 Å². The van der Waals surface area contributed by atoms with E-state index in [-0.39, 0.29) is 12.8 Å². The van der Waals surface area contributed by atoms with E-state index in [0.717, 1.165) is 0 Å². The van der Waals surface area contributed by atoms with Gasteiger partial charge in [-0.3, -0.25) is 0 Å². The van der Waals surface area contributed by atoms with Crippen LogP contribution in [0.5, 0.6) is 0 Å². The molecule has 0 saturated carbocycles. The van der Waals surface area contributed by atoms with Gasteiger partial charge in [-0.1, -0.05) is 0 Å². The second-order valence-electron chi connectivity index (χ2n) is 3.35. The van der Waals surface area contributed by atoms with Crippen molar-refractivity contribution in [2.24, 2.45) is 5.92 Å². The third-order valence-corrected chi connectivity index (χ3v) is 2.62. The summed E-state index contributed by atoms with van der Waals surface area (Å²) in [6.07, 6.45) is -3.56. The van der Waals surface area contributed by atoms with Crippen molar-refractivity contribution in [1.82, 2.24) is 4.90 Å². The van der Waals surface area contributed by atoms with Crippen LogP contribution in [-0.4, -0.2) is 36.6 Å². The Morgan fingerprint density at radius 1 is 1.23 bits per heavy atom. The first-order chi connectivity index (χ1) is 6.04. The van der Waals surface area contributed by atoms with Crippen LogP contribution in [0.15, 0.2) is 0 Å². The Kier molecular flexibility index (Phi) is 3.86. The lowest BCUT2D eigenvalue weighted by Crippen LogP contribution is -2.39. The van der Waals surface area contributed by atoms with Gasteiger partial charge in [0.2, 0.25) is 0 Å². The van der Waals surface area contributed by atoms with E-state index >= 15 is 0 Å². The topological polar surface area (TPSA) is 3.24 Å². The first-order valence-electron chi connectivity index (χ1n) is 4.39. The first kappa shape index (κ1) is 11.1. The summed E-state index contributed by atoms with van der Waals surface area (Å²) in [5, 5.41) is 0. The Bertz CT molecular complexity index is 152. The maximum Gasteiger partial charge on any atom is 0.391 e. The lowest BCUT2D eigenvalue weighted by Gasteiger charge is -2.32. The van der Waals surface area contributed by atoms with Gasteiger partial charge >= 0.3 is 6.18 Å².